The summed E-state index contributed by atoms with van der Waals surface area (Å²) in [5.74, 6) is -0.404. The maximum Gasteiger partial charge on any atom is 0.344 e. The number of hydrogen-bond donors (Lipinski definition) is 0. The summed E-state index contributed by atoms with van der Waals surface area (Å²) in [6, 6.07) is 3.42. The first kappa shape index (κ1) is 24.2. The van der Waals surface area contributed by atoms with Crippen molar-refractivity contribution >= 4 is 50.9 Å². The molecule has 9 heteroatoms. The standard InChI is InChI=1S/C18H26Cl3NO4Si/c1-3-4-5-9-15(27(19,20)21)10-8-13-18(23)26-14(2)16-11-6-7-12-17(16)22(24)25/h6-7,11-12,14-15H,3-5,8-10,13H2,1-2H3. The van der Waals surface area contributed by atoms with Crippen LogP contribution in [0.1, 0.15) is 70.5 Å². The topological polar surface area (TPSA) is 69.4 Å². The number of carbonyl (C=O) groups excluding carboxylic acids is 1. The van der Waals surface area contributed by atoms with Gasteiger partial charge in [0.25, 0.3) is 5.69 Å². The molecular formula is C18H26Cl3NO4Si. The van der Waals surface area contributed by atoms with Crippen molar-refractivity contribution in [2.75, 3.05) is 0 Å². The number of unbranched alkanes of at least 4 members (excludes halogenated alkanes) is 2. The van der Waals surface area contributed by atoms with Gasteiger partial charge in [-0.1, -0.05) is 38.3 Å². The number of ether oxygens (including phenoxy) is 1. The lowest BCUT2D eigenvalue weighted by Gasteiger charge is -2.22. The molecule has 2 unspecified atom stereocenters. The van der Waals surface area contributed by atoms with Crippen molar-refractivity contribution in [2.45, 2.75) is 70.4 Å². The maximum atomic E-state index is 12.1. The monoisotopic (exact) mass is 453 g/mol. The van der Waals surface area contributed by atoms with Gasteiger partial charge < -0.3 is 4.74 Å². The van der Waals surface area contributed by atoms with E-state index in [1.807, 2.05) is 0 Å². The summed E-state index contributed by atoms with van der Waals surface area (Å²) in [7, 11) is 0. The zero-order valence-electron chi connectivity index (χ0n) is 15.6. The molecule has 0 saturated heterocycles. The number of carbonyl (C=O) groups is 1. The van der Waals surface area contributed by atoms with Gasteiger partial charge in [-0.05, 0) is 37.8 Å². The van der Waals surface area contributed by atoms with Crippen molar-refractivity contribution in [3.05, 3.63) is 39.9 Å². The molecule has 0 aromatic heterocycles. The van der Waals surface area contributed by atoms with E-state index in [2.05, 4.69) is 6.92 Å². The number of para-hydroxylation sites is 1. The third-order valence-corrected chi connectivity index (χ3v) is 8.71. The Labute approximate surface area is 175 Å². The molecule has 152 valence electrons. The third kappa shape index (κ3) is 8.81. The van der Waals surface area contributed by atoms with Gasteiger partial charge in [-0.15, -0.1) is 33.2 Å². The molecule has 0 heterocycles. The van der Waals surface area contributed by atoms with Crippen molar-refractivity contribution in [1.82, 2.24) is 0 Å². The zero-order chi connectivity index (χ0) is 20.4. The van der Waals surface area contributed by atoms with Crippen LogP contribution in [0.5, 0.6) is 0 Å². The quantitative estimate of drug-likeness (QED) is 0.0853. The minimum absolute atomic E-state index is 0.0227. The van der Waals surface area contributed by atoms with Gasteiger partial charge in [0.15, 0.2) is 0 Å². The van der Waals surface area contributed by atoms with E-state index in [-0.39, 0.29) is 17.6 Å². The van der Waals surface area contributed by atoms with Gasteiger partial charge in [-0.3, -0.25) is 14.9 Å². The van der Waals surface area contributed by atoms with E-state index in [0.29, 0.717) is 18.4 Å². The van der Waals surface area contributed by atoms with Gasteiger partial charge >= 0.3 is 12.0 Å². The fraction of sp³-hybridized carbons (Fsp3) is 0.611. The first-order valence-corrected chi connectivity index (χ1v) is 14.3. The van der Waals surface area contributed by atoms with E-state index in [9.17, 15) is 14.9 Å². The Morgan fingerprint density at radius 3 is 2.41 bits per heavy atom. The van der Waals surface area contributed by atoms with Crippen LogP contribution in [-0.4, -0.2) is 16.9 Å². The van der Waals surface area contributed by atoms with Gasteiger partial charge in [0.2, 0.25) is 0 Å². The number of benzene rings is 1. The molecule has 1 aromatic carbocycles. The van der Waals surface area contributed by atoms with Gasteiger partial charge in [0.05, 0.1) is 10.5 Å². The van der Waals surface area contributed by atoms with Crippen LogP contribution in [0.3, 0.4) is 0 Å². The molecule has 2 atom stereocenters. The van der Waals surface area contributed by atoms with Crippen LogP contribution >= 0.6 is 33.2 Å². The Hall–Kier alpha value is -0.823. The second-order valence-electron chi connectivity index (χ2n) is 6.57. The molecule has 0 saturated carbocycles. The van der Waals surface area contributed by atoms with Crippen LogP contribution < -0.4 is 0 Å². The molecule has 1 aromatic rings. The van der Waals surface area contributed by atoms with E-state index in [1.54, 1.807) is 25.1 Å². The summed E-state index contributed by atoms with van der Waals surface area (Å²) in [6.45, 7) is 3.75. The summed E-state index contributed by atoms with van der Waals surface area (Å²) in [5.41, 5.74) is 0.340. The predicted molar refractivity (Wildman–Crippen MR) is 113 cm³/mol. The lowest BCUT2D eigenvalue weighted by molar-refractivity contribution is -0.386. The molecule has 0 fully saturated rings. The number of halogens is 3. The summed E-state index contributed by atoms with van der Waals surface area (Å²) >= 11 is 18.6. The van der Waals surface area contributed by atoms with Gasteiger partial charge in [0.1, 0.15) is 6.10 Å². The highest BCUT2D eigenvalue weighted by Crippen LogP contribution is 2.41. The molecule has 0 N–H and O–H groups in total. The highest BCUT2D eigenvalue weighted by Gasteiger charge is 2.35. The highest BCUT2D eigenvalue weighted by molar-refractivity contribution is 7.65. The SMILES string of the molecule is CCCCCC(CCCC(=O)OC(C)c1ccccc1[N+](=O)[O-])[Si](Cl)(Cl)Cl. The summed E-state index contributed by atoms with van der Waals surface area (Å²) in [4.78, 5) is 22.7. The molecule has 0 aliphatic rings. The minimum atomic E-state index is -2.82. The predicted octanol–water partition coefficient (Wildman–Crippen LogP) is 6.98. The summed E-state index contributed by atoms with van der Waals surface area (Å²) in [5, 5.41) is 11.1. The van der Waals surface area contributed by atoms with Gasteiger partial charge in [0, 0.05) is 12.5 Å². The fourth-order valence-corrected chi connectivity index (χ4v) is 5.95. The number of nitro groups is 1. The Morgan fingerprint density at radius 2 is 1.81 bits per heavy atom. The first-order chi connectivity index (χ1) is 12.7. The molecule has 0 amide bonds. The first-order valence-electron chi connectivity index (χ1n) is 9.16. The van der Waals surface area contributed by atoms with Crippen molar-refractivity contribution < 1.29 is 14.5 Å². The van der Waals surface area contributed by atoms with Crippen molar-refractivity contribution in [3.63, 3.8) is 0 Å². The van der Waals surface area contributed by atoms with Crippen LogP contribution in [0.25, 0.3) is 0 Å². The Bertz CT molecular complexity index is 625. The molecule has 0 aliphatic carbocycles. The Morgan fingerprint density at radius 1 is 1.19 bits per heavy atom. The molecule has 1 rings (SSSR count). The number of nitrogens with zero attached hydrogens (tertiary/aromatic N) is 1. The largest absolute Gasteiger partial charge is 0.458 e. The third-order valence-electron chi connectivity index (χ3n) is 4.43. The molecule has 0 radical (unpaired) electrons. The molecule has 0 aliphatic heterocycles. The van der Waals surface area contributed by atoms with Gasteiger partial charge in [-0.25, -0.2) is 0 Å². The molecule has 5 nitrogen and oxygen atoms in total. The Kier molecular flexibility index (Phi) is 10.7. The van der Waals surface area contributed by atoms with Crippen LogP contribution in [0.4, 0.5) is 5.69 Å². The fourth-order valence-electron chi connectivity index (χ4n) is 2.92. The van der Waals surface area contributed by atoms with E-state index in [1.165, 1.54) is 6.07 Å². The van der Waals surface area contributed by atoms with E-state index < -0.39 is 23.0 Å². The summed E-state index contributed by atoms with van der Waals surface area (Å²) < 4.78 is 5.36. The van der Waals surface area contributed by atoms with Crippen LogP contribution in [0.2, 0.25) is 5.54 Å². The smallest absolute Gasteiger partial charge is 0.344 e. The number of hydrogen-bond acceptors (Lipinski definition) is 4. The van der Waals surface area contributed by atoms with E-state index >= 15 is 0 Å². The lowest BCUT2D eigenvalue weighted by atomic mass is 10.1. The average Bonchev–Trinajstić information content (AvgIpc) is 2.59. The molecular weight excluding hydrogens is 429 g/mol. The van der Waals surface area contributed by atoms with E-state index in [0.717, 1.165) is 25.7 Å². The molecule has 27 heavy (non-hydrogen) atoms. The highest BCUT2D eigenvalue weighted by atomic mass is 35.8. The molecule has 0 spiro atoms. The zero-order valence-corrected chi connectivity index (χ0v) is 18.9. The normalized spacial score (nSPS) is 13.8. The Balaban J connectivity index is 2.53. The van der Waals surface area contributed by atoms with Crippen molar-refractivity contribution in [3.8, 4) is 0 Å². The second-order valence-corrected chi connectivity index (χ2v) is 15.6. The molecule has 0 bridgehead atoms. The van der Waals surface area contributed by atoms with Crippen LogP contribution in [-0.2, 0) is 9.53 Å². The number of esters is 1. The van der Waals surface area contributed by atoms with E-state index in [4.69, 9.17) is 38.0 Å². The number of rotatable bonds is 12. The number of nitro benzene ring substituents is 1. The maximum absolute atomic E-state index is 12.1. The van der Waals surface area contributed by atoms with Crippen molar-refractivity contribution in [2.24, 2.45) is 0 Å². The van der Waals surface area contributed by atoms with Crippen LogP contribution in [0.15, 0.2) is 24.3 Å². The lowest BCUT2D eigenvalue weighted by Crippen LogP contribution is -2.20. The second kappa shape index (κ2) is 11.9. The average molecular weight is 455 g/mol. The minimum Gasteiger partial charge on any atom is -0.458 e. The van der Waals surface area contributed by atoms with Crippen molar-refractivity contribution in [1.29, 1.82) is 0 Å². The van der Waals surface area contributed by atoms with Crippen LogP contribution in [0, 0.1) is 10.1 Å². The van der Waals surface area contributed by atoms with Gasteiger partial charge in [-0.2, -0.15) is 0 Å². The summed E-state index contributed by atoms with van der Waals surface area (Å²) in [6.07, 6.45) is 4.82.